The van der Waals surface area contributed by atoms with E-state index in [0.29, 0.717) is 12.1 Å². The molecule has 3 N–H and O–H groups in total. The molecule has 0 spiro atoms. The van der Waals surface area contributed by atoms with Gasteiger partial charge in [-0.2, -0.15) is 0 Å². The van der Waals surface area contributed by atoms with Gasteiger partial charge in [0.05, 0.1) is 29.7 Å². The van der Waals surface area contributed by atoms with Gasteiger partial charge in [0.1, 0.15) is 0 Å². The maximum atomic E-state index is 11.5. The molecule has 6 heteroatoms. The molecule has 0 aromatic heterocycles. The minimum atomic E-state index is -0.921. The number of dihydropyridines is 1. The summed E-state index contributed by atoms with van der Waals surface area (Å²) in [6.07, 6.45) is 2.33. The SMILES string of the molecule is O=C(NCC(O)CO)C1=CC(Br)CN=C1. The van der Waals surface area contributed by atoms with E-state index in [2.05, 4.69) is 26.2 Å². The second-order valence-corrected chi connectivity index (χ2v) is 4.35. The van der Waals surface area contributed by atoms with Gasteiger partial charge in [-0.25, -0.2) is 0 Å². The summed E-state index contributed by atoms with van der Waals surface area (Å²) in [5.41, 5.74) is 0.466. The van der Waals surface area contributed by atoms with E-state index >= 15 is 0 Å². The van der Waals surface area contributed by atoms with Gasteiger partial charge in [-0.1, -0.05) is 22.0 Å². The van der Waals surface area contributed by atoms with Crippen molar-refractivity contribution in [2.24, 2.45) is 4.99 Å². The number of nitrogens with zero attached hydrogens (tertiary/aromatic N) is 1. The van der Waals surface area contributed by atoms with Crippen molar-refractivity contribution in [3.8, 4) is 0 Å². The Bertz CT molecular complexity index is 291. The van der Waals surface area contributed by atoms with Crippen LogP contribution in [0.15, 0.2) is 16.6 Å². The van der Waals surface area contributed by atoms with E-state index in [4.69, 9.17) is 10.2 Å². The normalized spacial score (nSPS) is 22.1. The Balaban J connectivity index is 2.43. The van der Waals surface area contributed by atoms with Gasteiger partial charge in [0.25, 0.3) is 5.91 Å². The van der Waals surface area contributed by atoms with Gasteiger partial charge in [-0.05, 0) is 0 Å². The summed E-state index contributed by atoms with van der Waals surface area (Å²) in [6.45, 7) is 0.290. The molecule has 0 aromatic rings. The third-order valence-electron chi connectivity index (χ3n) is 1.84. The average molecular weight is 277 g/mol. The van der Waals surface area contributed by atoms with Crippen LogP contribution in [0, 0.1) is 0 Å². The Kier molecular flexibility index (Phi) is 4.93. The van der Waals surface area contributed by atoms with Crippen LogP contribution >= 0.6 is 15.9 Å². The van der Waals surface area contributed by atoms with Gasteiger partial charge in [-0.15, -0.1) is 0 Å². The lowest BCUT2D eigenvalue weighted by Gasteiger charge is -2.12. The molecule has 0 radical (unpaired) electrons. The maximum absolute atomic E-state index is 11.5. The first-order valence-electron chi connectivity index (χ1n) is 4.56. The van der Waals surface area contributed by atoms with Crippen molar-refractivity contribution < 1.29 is 15.0 Å². The molecule has 1 amide bonds. The zero-order valence-electron chi connectivity index (χ0n) is 8.06. The van der Waals surface area contributed by atoms with E-state index in [0.717, 1.165) is 0 Å². The summed E-state index contributed by atoms with van der Waals surface area (Å²) < 4.78 is 0. The fourth-order valence-corrected chi connectivity index (χ4v) is 1.51. The number of amides is 1. The summed E-state index contributed by atoms with van der Waals surface area (Å²) >= 11 is 3.33. The molecule has 15 heavy (non-hydrogen) atoms. The van der Waals surface area contributed by atoms with Crippen LogP contribution in [0.5, 0.6) is 0 Å². The largest absolute Gasteiger partial charge is 0.394 e. The van der Waals surface area contributed by atoms with Crippen molar-refractivity contribution >= 4 is 28.1 Å². The highest BCUT2D eigenvalue weighted by atomic mass is 79.9. The summed E-state index contributed by atoms with van der Waals surface area (Å²) in [5, 5.41) is 20.1. The number of alkyl halides is 1. The summed E-state index contributed by atoms with van der Waals surface area (Å²) in [5.74, 6) is -0.296. The number of carbonyl (C=O) groups excluding carboxylic acids is 1. The first kappa shape index (κ1) is 12.4. The van der Waals surface area contributed by atoms with E-state index in [1.54, 1.807) is 6.08 Å². The first-order valence-corrected chi connectivity index (χ1v) is 5.48. The van der Waals surface area contributed by atoms with Gasteiger partial charge in [0.15, 0.2) is 0 Å². The third kappa shape index (κ3) is 4.11. The molecule has 1 aliphatic rings. The standard InChI is InChI=1S/C9H13BrN2O3/c10-7-1-6(2-11-3-7)9(15)12-4-8(14)5-13/h1-2,7-8,13-14H,3-5H2,(H,12,15). The van der Waals surface area contributed by atoms with Crippen LogP contribution in [0.2, 0.25) is 0 Å². The number of carbonyl (C=O) groups is 1. The third-order valence-corrected chi connectivity index (χ3v) is 2.40. The second-order valence-electron chi connectivity index (χ2n) is 3.18. The van der Waals surface area contributed by atoms with Crippen molar-refractivity contribution in [1.82, 2.24) is 5.32 Å². The molecule has 2 atom stereocenters. The molecule has 0 fully saturated rings. The average Bonchev–Trinajstić information content (AvgIpc) is 2.25. The highest BCUT2D eigenvalue weighted by molar-refractivity contribution is 9.09. The monoisotopic (exact) mass is 276 g/mol. The predicted molar refractivity (Wildman–Crippen MR) is 60.3 cm³/mol. The fourth-order valence-electron chi connectivity index (χ4n) is 1.05. The van der Waals surface area contributed by atoms with E-state index in [1.165, 1.54) is 6.21 Å². The Morgan fingerprint density at radius 3 is 3.13 bits per heavy atom. The predicted octanol–water partition coefficient (Wildman–Crippen LogP) is -0.770. The number of hydrogen-bond donors (Lipinski definition) is 3. The molecule has 84 valence electrons. The van der Waals surface area contributed by atoms with Crippen LogP contribution in [0.3, 0.4) is 0 Å². The van der Waals surface area contributed by atoms with Crippen LogP contribution in [-0.4, -0.2) is 53.0 Å². The minimum Gasteiger partial charge on any atom is -0.394 e. The van der Waals surface area contributed by atoms with Crippen LogP contribution < -0.4 is 5.32 Å². The number of rotatable bonds is 4. The van der Waals surface area contributed by atoms with Gasteiger partial charge >= 0.3 is 0 Å². The number of aliphatic hydroxyl groups is 2. The molecular weight excluding hydrogens is 264 g/mol. The van der Waals surface area contributed by atoms with Crippen molar-refractivity contribution in [2.75, 3.05) is 19.7 Å². The second kappa shape index (κ2) is 5.99. The zero-order valence-corrected chi connectivity index (χ0v) is 9.64. The Hall–Kier alpha value is -0.720. The van der Waals surface area contributed by atoms with Crippen molar-refractivity contribution in [3.05, 3.63) is 11.6 Å². The molecule has 0 aromatic carbocycles. The van der Waals surface area contributed by atoms with Crippen molar-refractivity contribution in [2.45, 2.75) is 10.9 Å². The lowest BCUT2D eigenvalue weighted by Crippen LogP contribution is -2.35. The van der Waals surface area contributed by atoms with E-state index in [9.17, 15) is 4.79 Å². The lowest BCUT2D eigenvalue weighted by atomic mass is 10.2. The number of hydrogen-bond acceptors (Lipinski definition) is 4. The van der Waals surface area contributed by atoms with Crippen molar-refractivity contribution in [1.29, 1.82) is 0 Å². The molecule has 0 aliphatic carbocycles. The highest BCUT2D eigenvalue weighted by Crippen LogP contribution is 2.09. The first-order chi connectivity index (χ1) is 7.13. The van der Waals surface area contributed by atoms with E-state index in [-0.39, 0.29) is 23.9 Å². The summed E-state index contributed by atoms with van der Waals surface area (Å²) in [6, 6.07) is 0. The summed E-state index contributed by atoms with van der Waals surface area (Å²) in [4.78, 5) is 15.5. The number of halogens is 1. The lowest BCUT2D eigenvalue weighted by molar-refractivity contribution is -0.117. The molecule has 1 rings (SSSR count). The molecule has 0 saturated carbocycles. The topological polar surface area (TPSA) is 81.9 Å². The fraction of sp³-hybridized carbons (Fsp3) is 0.556. The van der Waals surface area contributed by atoms with Crippen LogP contribution in [0.25, 0.3) is 0 Å². The molecule has 0 saturated heterocycles. The molecule has 0 bridgehead atoms. The van der Waals surface area contributed by atoms with Crippen LogP contribution in [-0.2, 0) is 4.79 Å². The Morgan fingerprint density at radius 2 is 2.53 bits per heavy atom. The van der Waals surface area contributed by atoms with Gasteiger partial charge < -0.3 is 15.5 Å². The van der Waals surface area contributed by atoms with Gasteiger partial charge in [0.2, 0.25) is 0 Å². The molecule has 1 heterocycles. The molecule has 2 unspecified atom stereocenters. The summed E-state index contributed by atoms with van der Waals surface area (Å²) in [7, 11) is 0. The maximum Gasteiger partial charge on any atom is 0.252 e. The Morgan fingerprint density at radius 1 is 1.80 bits per heavy atom. The Labute approximate surface area is 96.0 Å². The van der Waals surface area contributed by atoms with Crippen LogP contribution in [0.4, 0.5) is 0 Å². The van der Waals surface area contributed by atoms with Gasteiger partial charge in [0, 0.05) is 12.8 Å². The smallest absolute Gasteiger partial charge is 0.252 e. The number of aliphatic imine (C=N–C) groups is 1. The number of aliphatic hydroxyl groups excluding tert-OH is 2. The molecular formula is C9H13BrN2O3. The molecule has 5 nitrogen and oxygen atoms in total. The highest BCUT2D eigenvalue weighted by Gasteiger charge is 2.14. The molecule has 1 aliphatic heterocycles. The van der Waals surface area contributed by atoms with Crippen molar-refractivity contribution in [3.63, 3.8) is 0 Å². The quantitative estimate of drug-likeness (QED) is 0.590. The number of nitrogens with one attached hydrogen (secondary N) is 1. The minimum absolute atomic E-state index is 0.0352. The van der Waals surface area contributed by atoms with E-state index < -0.39 is 6.10 Å². The van der Waals surface area contributed by atoms with E-state index in [1.807, 2.05) is 0 Å². The van der Waals surface area contributed by atoms with Gasteiger partial charge in [-0.3, -0.25) is 9.79 Å². The van der Waals surface area contributed by atoms with Crippen LogP contribution in [0.1, 0.15) is 0 Å². The zero-order chi connectivity index (χ0) is 11.3.